The molecule has 146 valence electrons. The molecule has 2 aromatic carbocycles. The first kappa shape index (κ1) is 18.6. The van der Waals surface area contributed by atoms with Gasteiger partial charge in [-0.3, -0.25) is 0 Å². The van der Waals surface area contributed by atoms with Crippen LogP contribution in [0.1, 0.15) is 24.7 Å². The molecule has 0 saturated carbocycles. The molecule has 1 saturated heterocycles. The Morgan fingerprint density at radius 1 is 1.07 bits per heavy atom. The maximum absolute atomic E-state index is 13.4. The molecule has 0 radical (unpaired) electrons. The summed E-state index contributed by atoms with van der Waals surface area (Å²) in [6.07, 6.45) is 1.38. The minimum Gasteiger partial charge on any atom is -0.368 e. The van der Waals surface area contributed by atoms with Crippen LogP contribution in [0.2, 0.25) is 0 Å². The summed E-state index contributed by atoms with van der Waals surface area (Å²) in [5, 5.41) is 1.89. The molecule has 2 N–H and O–H groups in total. The van der Waals surface area contributed by atoms with Crippen molar-refractivity contribution in [1.29, 1.82) is 0 Å². The summed E-state index contributed by atoms with van der Waals surface area (Å²) in [5.41, 5.74) is 5.84. The van der Waals surface area contributed by atoms with E-state index in [1.165, 1.54) is 4.31 Å². The lowest BCUT2D eigenvalue weighted by molar-refractivity contribution is 0.383. The Bertz CT molecular complexity index is 1130. The van der Waals surface area contributed by atoms with Crippen LogP contribution >= 0.6 is 0 Å². The number of sulfonamides is 1. The lowest BCUT2D eigenvalue weighted by Crippen LogP contribution is -2.32. The fourth-order valence-corrected chi connectivity index (χ4v) is 5.19. The van der Waals surface area contributed by atoms with Crippen LogP contribution in [0, 0.1) is 0 Å². The van der Waals surface area contributed by atoms with E-state index in [1.807, 2.05) is 30.3 Å². The van der Waals surface area contributed by atoms with E-state index in [2.05, 4.69) is 15.0 Å². The van der Waals surface area contributed by atoms with Crippen molar-refractivity contribution in [2.75, 3.05) is 31.3 Å². The quantitative estimate of drug-likeness (QED) is 0.718. The van der Waals surface area contributed by atoms with Gasteiger partial charge in [0.1, 0.15) is 0 Å². The van der Waals surface area contributed by atoms with Crippen LogP contribution in [0.4, 0.5) is 11.9 Å². The molecule has 2 heterocycles. The normalized spacial score (nSPS) is 17.9. The second-order valence-corrected chi connectivity index (χ2v) is 8.92. The Morgan fingerprint density at radius 3 is 2.57 bits per heavy atom. The first-order chi connectivity index (χ1) is 13.4. The highest BCUT2D eigenvalue weighted by atomic mass is 32.2. The van der Waals surface area contributed by atoms with Gasteiger partial charge in [0.25, 0.3) is 0 Å². The van der Waals surface area contributed by atoms with E-state index >= 15 is 0 Å². The Morgan fingerprint density at radius 2 is 1.82 bits per heavy atom. The average Bonchev–Trinajstić information content (AvgIpc) is 3.18. The van der Waals surface area contributed by atoms with E-state index in [9.17, 15) is 8.42 Å². The zero-order valence-corrected chi connectivity index (χ0v) is 16.6. The molecule has 1 aliphatic heterocycles. The average molecular weight is 398 g/mol. The van der Waals surface area contributed by atoms with E-state index in [1.54, 1.807) is 31.1 Å². The molecule has 8 nitrogen and oxygen atoms in total. The second-order valence-electron chi connectivity index (χ2n) is 7.03. The van der Waals surface area contributed by atoms with Gasteiger partial charge in [-0.2, -0.15) is 19.3 Å². The predicted octanol–water partition coefficient (Wildman–Crippen LogP) is 2.20. The number of nitrogens with two attached hydrogens (primary N) is 1. The van der Waals surface area contributed by atoms with Crippen molar-refractivity contribution in [3.05, 3.63) is 48.3 Å². The van der Waals surface area contributed by atoms with Crippen LogP contribution in [-0.4, -0.2) is 48.3 Å². The number of aromatic nitrogens is 3. The summed E-state index contributed by atoms with van der Waals surface area (Å²) >= 11 is 0. The molecule has 0 spiro atoms. The van der Waals surface area contributed by atoms with Gasteiger partial charge in [0.2, 0.25) is 21.9 Å². The highest BCUT2D eigenvalue weighted by Crippen LogP contribution is 2.36. The Hall–Kier alpha value is -2.78. The fraction of sp³-hybridized carbons (Fsp3) is 0.316. The minimum atomic E-state index is -3.69. The highest BCUT2D eigenvalue weighted by molar-refractivity contribution is 7.89. The monoisotopic (exact) mass is 398 g/mol. The summed E-state index contributed by atoms with van der Waals surface area (Å²) in [4.78, 5) is 14.8. The zero-order valence-electron chi connectivity index (χ0n) is 15.8. The van der Waals surface area contributed by atoms with Crippen molar-refractivity contribution >= 4 is 32.7 Å². The maximum atomic E-state index is 13.4. The van der Waals surface area contributed by atoms with Gasteiger partial charge >= 0.3 is 0 Å². The van der Waals surface area contributed by atoms with Crippen LogP contribution in [-0.2, 0) is 10.0 Å². The standard InChI is InChI=1S/C19H22N6O2S/c1-24(2)19-22-17(21-18(20)23-19)16-8-5-11-25(16)28(26,27)15-10-9-13-6-3-4-7-14(13)12-15/h3-4,6-7,9-10,12,16H,5,8,11H2,1-2H3,(H2,20,21,22,23)/t16-/m1/s1. The molecule has 4 rings (SSSR count). The van der Waals surface area contributed by atoms with Gasteiger partial charge in [0.15, 0.2) is 5.82 Å². The maximum Gasteiger partial charge on any atom is 0.243 e. The van der Waals surface area contributed by atoms with Crippen LogP contribution in [0.5, 0.6) is 0 Å². The second kappa shape index (κ2) is 6.99. The van der Waals surface area contributed by atoms with E-state index < -0.39 is 16.1 Å². The predicted molar refractivity (Wildman–Crippen MR) is 108 cm³/mol. The largest absolute Gasteiger partial charge is 0.368 e. The van der Waals surface area contributed by atoms with Crippen molar-refractivity contribution in [2.45, 2.75) is 23.8 Å². The van der Waals surface area contributed by atoms with Crippen molar-refractivity contribution in [3.63, 3.8) is 0 Å². The molecular formula is C19H22N6O2S. The lowest BCUT2D eigenvalue weighted by Gasteiger charge is -2.24. The molecule has 0 bridgehead atoms. The van der Waals surface area contributed by atoms with E-state index in [-0.39, 0.29) is 10.8 Å². The molecule has 1 aliphatic rings. The number of hydrogen-bond acceptors (Lipinski definition) is 7. The molecule has 0 amide bonds. The van der Waals surface area contributed by atoms with Crippen molar-refractivity contribution in [3.8, 4) is 0 Å². The van der Waals surface area contributed by atoms with Crippen LogP contribution in [0.25, 0.3) is 10.8 Å². The molecular weight excluding hydrogens is 376 g/mol. The van der Waals surface area contributed by atoms with E-state index in [0.717, 1.165) is 17.2 Å². The van der Waals surface area contributed by atoms with Crippen molar-refractivity contribution < 1.29 is 8.42 Å². The van der Waals surface area contributed by atoms with Gasteiger partial charge in [-0.25, -0.2) is 8.42 Å². The number of hydrogen-bond donors (Lipinski definition) is 1. The van der Waals surface area contributed by atoms with Gasteiger partial charge in [-0.05, 0) is 35.7 Å². The summed E-state index contributed by atoms with van der Waals surface area (Å²) in [7, 11) is -0.0902. The van der Waals surface area contributed by atoms with E-state index in [4.69, 9.17) is 5.73 Å². The zero-order chi connectivity index (χ0) is 19.9. The van der Waals surface area contributed by atoms with Gasteiger partial charge in [0, 0.05) is 20.6 Å². The summed E-state index contributed by atoms with van der Waals surface area (Å²) in [6, 6.07) is 12.4. The van der Waals surface area contributed by atoms with Gasteiger partial charge < -0.3 is 10.6 Å². The summed E-state index contributed by atoms with van der Waals surface area (Å²) in [6.45, 7) is 0.419. The first-order valence-corrected chi connectivity index (χ1v) is 10.5. The van der Waals surface area contributed by atoms with Crippen molar-refractivity contribution in [2.24, 2.45) is 0 Å². The SMILES string of the molecule is CN(C)c1nc(N)nc([C@H]2CCCN2S(=O)(=O)c2ccc3ccccc3c2)n1. The van der Waals surface area contributed by atoms with Crippen LogP contribution in [0.3, 0.4) is 0 Å². The topological polar surface area (TPSA) is 105 Å². The summed E-state index contributed by atoms with van der Waals surface area (Å²) in [5.74, 6) is 0.888. The Balaban J connectivity index is 1.74. The molecule has 1 atom stereocenters. The molecule has 9 heteroatoms. The molecule has 0 aliphatic carbocycles. The van der Waals surface area contributed by atoms with Gasteiger partial charge in [0.05, 0.1) is 10.9 Å². The number of anilines is 2. The molecule has 1 aromatic heterocycles. The number of nitrogens with zero attached hydrogens (tertiary/aromatic N) is 5. The molecule has 0 unspecified atom stereocenters. The third-order valence-electron chi connectivity index (χ3n) is 4.89. The summed E-state index contributed by atoms with van der Waals surface area (Å²) < 4.78 is 28.2. The van der Waals surface area contributed by atoms with E-state index in [0.29, 0.717) is 24.7 Å². The van der Waals surface area contributed by atoms with Crippen LogP contribution < -0.4 is 10.6 Å². The number of rotatable bonds is 4. The number of benzene rings is 2. The number of fused-ring (bicyclic) bond motifs is 1. The molecule has 28 heavy (non-hydrogen) atoms. The Labute approximate surface area is 164 Å². The fourth-order valence-electron chi connectivity index (χ4n) is 3.50. The minimum absolute atomic E-state index is 0.0867. The van der Waals surface area contributed by atoms with Gasteiger partial charge in [-0.15, -0.1) is 0 Å². The molecule has 1 fully saturated rings. The highest BCUT2D eigenvalue weighted by Gasteiger charge is 2.38. The first-order valence-electron chi connectivity index (χ1n) is 9.06. The van der Waals surface area contributed by atoms with Crippen LogP contribution in [0.15, 0.2) is 47.4 Å². The van der Waals surface area contributed by atoms with Crippen molar-refractivity contribution in [1.82, 2.24) is 19.3 Å². The number of nitrogen functional groups attached to an aromatic ring is 1. The molecule has 3 aromatic rings. The van der Waals surface area contributed by atoms with Gasteiger partial charge in [-0.1, -0.05) is 30.3 Å². The Kier molecular flexibility index (Phi) is 4.64. The third-order valence-corrected chi connectivity index (χ3v) is 6.79. The lowest BCUT2D eigenvalue weighted by atomic mass is 10.1. The smallest absolute Gasteiger partial charge is 0.243 e. The third kappa shape index (κ3) is 3.27.